The van der Waals surface area contributed by atoms with E-state index in [1.54, 1.807) is 12.2 Å². The molecule has 0 aliphatic carbocycles. The summed E-state index contributed by atoms with van der Waals surface area (Å²) in [5.41, 5.74) is 0. The Morgan fingerprint density at radius 3 is 2.50 bits per heavy atom. The first-order chi connectivity index (χ1) is 3.93. The van der Waals surface area contributed by atoms with Gasteiger partial charge in [-0.15, -0.1) is 0 Å². The summed E-state index contributed by atoms with van der Waals surface area (Å²) in [5.74, 6) is 0.583. The minimum atomic E-state index is 0.583. The molecule has 0 N–H and O–H groups in total. The first kappa shape index (κ1) is 5.22. The fourth-order valence-electron chi connectivity index (χ4n) is 0.519. The van der Waals surface area contributed by atoms with Crippen LogP contribution in [0.1, 0.15) is 0 Å². The third-order valence-electron chi connectivity index (χ3n) is 0.826. The van der Waals surface area contributed by atoms with E-state index in [9.17, 15) is 0 Å². The first-order valence-corrected chi connectivity index (χ1v) is 2.52. The maximum atomic E-state index is 4.96. The van der Waals surface area contributed by atoms with Gasteiger partial charge in [0.05, 0.1) is 0 Å². The molecule has 0 aromatic heterocycles. The molecule has 2 nitrogen and oxygen atoms in total. The maximum Gasteiger partial charge on any atom is 0.279 e. The number of ether oxygens (including phenoxy) is 2. The predicted octanol–water partition coefficient (Wildman–Crippen LogP) is 1.06. The highest BCUT2D eigenvalue weighted by Crippen LogP contribution is 2.06. The van der Waals surface area contributed by atoms with Gasteiger partial charge in [0.1, 0.15) is 13.2 Å². The number of rotatable bonds is 1. The van der Waals surface area contributed by atoms with Gasteiger partial charge in [-0.05, 0) is 0 Å². The minimum absolute atomic E-state index is 0.583. The van der Waals surface area contributed by atoms with E-state index in [4.69, 9.17) is 9.47 Å². The molecule has 0 unspecified atom stereocenters. The van der Waals surface area contributed by atoms with Crippen molar-refractivity contribution in [3.05, 3.63) is 24.7 Å². The number of hydrogen-bond acceptors (Lipinski definition) is 2. The summed E-state index contributed by atoms with van der Waals surface area (Å²) < 4.78 is 9.92. The molecule has 1 fully saturated rings. The summed E-state index contributed by atoms with van der Waals surface area (Å²) in [5, 5.41) is 0. The standard InChI is InChI=1S/C6H8O2/c1-2-3-6-7-4-5-8-6/h2-3H,1,4-5H2. The van der Waals surface area contributed by atoms with Gasteiger partial charge in [-0.3, -0.25) is 0 Å². The number of hydrogen-bond donors (Lipinski definition) is 0. The average molecular weight is 112 g/mol. The third-order valence-corrected chi connectivity index (χ3v) is 0.826. The van der Waals surface area contributed by atoms with E-state index in [1.807, 2.05) is 0 Å². The zero-order valence-electron chi connectivity index (χ0n) is 4.59. The van der Waals surface area contributed by atoms with Gasteiger partial charge in [-0.25, -0.2) is 0 Å². The lowest BCUT2D eigenvalue weighted by Crippen LogP contribution is -1.79. The van der Waals surface area contributed by atoms with Gasteiger partial charge in [0.25, 0.3) is 5.95 Å². The Kier molecular flexibility index (Phi) is 1.57. The van der Waals surface area contributed by atoms with Crippen LogP contribution in [0.25, 0.3) is 0 Å². The van der Waals surface area contributed by atoms with Gasteiger partial charge in [-0.2, -0.15) is 0 Å². The molecule has 0 bridgehead atoms. The second-order valence-electron chi connectivity index (χ2n) is 1.42. The lowest BCUT2D eigenvalue weighted by Gasteiger charge is -1.90. The SMILES string of the molecule is C=CC=C1OCCO1. The molecule has 1 saturated heterocycles. The van der Waals surface area contributed by atoms with Crippen LogP contribution in [-0.2, 0) is 9.47 Å². The van der Waals surface area contributed by atoms with Gasteiger partial charge in [0.15, 0.2) is 0 Å². The smallest absolute Gasteiger partial charge is 0.279 e. The summed E-state index contributed by atoms with van der Waals surface area (Å²) in [6.45, 7) is 4.82. The van der Waals surface area contributed by atoms with E-state index >= 15 is 0 Å². The Morgan fingerprint density at radius 2 is 2.00 bits per heavy atom. The van der Waals surface area contributed by atoms with Crippen LogP contribution in [0.3, 0.4) is 0 Å². The van der Waals surface area contributed by atoms with E-state index in [0.717, 1.165) is 0 Å². The largest absolute Gasteiger partial charge is 0.462 e. The molecule has 0 radical (unpaired) electrons. The highest BCUT2D eigenvalue weighted by molar-refractivity contribution is 4.99. The molecule has 1 heterocycles. The predicted molar refractivity (Wildman–Crippen MR) is 30.2 cm³/mol. The van der Waals surface area contributed by atoms with Crippen LogP contribution >= 0.6 is 0 Å². The Balaban J connectivity index is 2.44. The van der Waals surface area contributed by atoms with Crippen molar-refractivity contribution in [1.82, 2.24) is 0 Å². The van der Waals surface area contributed by atoms with E-state index in [2.05, 4.69) is 6.58 Å². The number of allylic oxidation sites excluding steroid dienone is 2. The minimum Gasteiger partial charge on any atom is -0.462 e. The van der Waals surface area contributed by atoms with Crippen molar-refractivity contribution >= 4 is 0 Å². The molecule has 0 aromatic carbocycles. The van der Waals surface area contributed by atoms with Crippen molar-refractivity contribution in [3.63, 3.8) is 0 Å². The Bertz CT molecular complexity index is 108. The second kappa shape index (κ2) is 2.40. The molecule has 0 aromatic rings. The van der Waals surface area contributed by atoms with E-state index in [1.165, 1.54) is 0 Å². The van der Waals surface area contributed by atoms with Crippen molar-refractivity contribution < 1.29 is 9.47 Å². The van der Waals surface area contributed by atoms with Crippen molar-refractivity contribution in [1.29, 1.82) is 0 Å². The summed E-state index contributed by atoms with van der Waals surface area (Å²) >= 11 is 0. The Labute approximate surface area is 48.4 Å². The van der Waals surface area contributed by atoms with Gasteiger partial charge >= 0.3 is 0 Å². The van der Waals surface area contributed by atoms with Crippen LogP contribution in [0.4, 0.5) is 0 Å². The summed E-state index contributed by atoms with van der Waals surface area (Å²) in [4.78, 5) is 0. The Morgan fingerprint density at radius 1 is 1.38 bits per heavy atom. The second-order valence-corrected chi connectivity index (χ2v) is 1.42. The van der Waals surface area contributed by atoms with E-state index < -0.39 is 0 Å². The van der Waals surface area contributed by atoms with Crippen LogP contribution in [0.5, 0.6) is 0 Å². The fraction of sp³-hybridized carbons (Fsp3) is 0.333. The average Bonchev–Trinajstić information content (AvgIpc) is 2.19. The normalized spacial score (nSPS) is 16.8. The van der Waals surface area contributed by atoms with Crippen molar-refractivity contribution in [3.8, 4) is 0 Å². The Hall–Kier alpha value is -0.920. The van der Waals surface area contributed by atoms with E-state index in [0.29, 0.717) is 19.2 Å². The highest BCUT2D eigenvalue weighted by Gasteiger charge is 2.04. The van der Waals surface area contributed by atoms with Crippen molar-refractivity contribution in [2.24, 2.45) is 0 Å². The monoisotopic (exact) mass is 112 g/mol. The van der Waals surface area contributed by atoms with Crippen LogP contribution in [0.15, 0.2) is 24.7 Å². The lowest BCUT2D eigenvalue weighted by atomic mass is 10.6. The van der Waals surface area contributed by atoms with Crippen molar-refractivity contribution in [2.45, 2.75) is 0 Å². The zero-order chi connectivity index (χ0) is 5.82. The molecular weight excluding hydrogens is 104 g/mol. The third kappa shape index (κ3) is 1.03. The van der Waals surface area contributed by atoms with Gasteiger partial charge in [0.2, 0.25) is 0 Å². The first-order valence-electron chi connectivity index (χ1n) is 2.52. The molecule has 0 amide bonds. The zero-order valence-corrected chi connectivity index (χ0v) is 4.59. The van der Waals surface area contributed by atoms with Crippen LogP contribution in [-0.4, -0.2) is 13.2 Å². The quantitative estimate of drug-likeness (QED) is 0.505. The summed E-state index contributed by atoms with van der Waals surface area (Å²) in [6.07, 6.45) is 3.34. The molecule has 8 heavy (non-hydrogen) atoms. The lowest BCUT2D eigenvalue weighted by molar-refractivity contribution is 0.176. The molecule has 0 spiro atoms. The molecule has 1 rings (SSSR count). The molecule has 44 valence electrons. The van der Waals surface area contributed by atoms with Gasteiger partial charge in [-0.1, -0.05) is 12.7 Å². The summed E-state index contributed by atoms with van der Waals surface area (Å²) in [7, 11) is 0. The van der Waals surface area contributed by atoms with Crippen LogP contribution in [0.2, 0.25) is 0 Å². The molecule has 0 saturated carbocycles. The van der Waals surface area contributed by atoms with Crippen molar-refractivity contribution in [2.75, 3.05) is 13.2 Å². The topological polar surface area (TPSA) is 18.5 Å². The van der Waals surface area contributed by atoms with Crippen LogP contribution in [0, 0.1) is 0 Å². The highest BCUT2D eigenvalue weighted by atomic mass is 16.7. The van der Waals surface area contributed by atoms with Crippen LogP contribution < -0.4 is 0 Å². The fourth-order valence-corrected chi connectivity index (χ4v) is 0.519. The van der Waals surface area contributed by atoms with E-state index in [-0.39, 0.29) is 0 Å². The molecular formula is C6H8O2. The molecule has 0 atom stereocenters. The molecule has 1 aliphatic rings. The molecule has 1 aliphatic heterocycles. The molecule has 2 heteroatoms. The summed E-state index contributed by atoms with van der Waals surface area (Å²) in [6, 6.07) is 0. The van der Waals surface area contributed by atoms with Gasteiger partial charge < -0.3 is 9.47 Å². The maximum absolute atomic E-state index is 4.96. The van der Waals surface area contributed by atoms with Gasteiger partial charge in [0, 0.05) is 6.08 Å².